The molecule has 0 saturated heterocycles. The van der Waals surface area contributed by atoms with Crippen LogP contribution in [0.15, 0.2) is 47.1 Å². The number of aliphatic carboxylic acids is 1. The molecule has 1 aromatic heterocycles. The number of benzene rings is 1. The van der Waals surface area contributed by atoms with Crippen molar-refractivity contribution in [3.63, 3.8) is 0 Å². The maximum atomic E-state index is 12.3. The molecule has 0 aliphatic carbocycles. The summed E-state index contributed by atoms with van der Waals surface area (Å²) < 4.78 is 2.49. The molecule has 1 aromatic carbocycles. The monoisotopic (exact) mass is 378 g/mol. The molecular weight excluding hydrogens is 360 g/mol. The topological polar surface area (TPSA) is 71.3 Å². The Kier molecular flexibility index (Phi) is 5.26. The summed E-state index contributed by atoms with van der Waals surface area (Å²) in [5.74, 6) is -1.24. The highest BCUT2D eigenvalue weighted by atomic mass is 79.9. The molecule has 6 heteroatoms. The lowest BCUT2D eigenvalue weighted by atomic mass is 9.78. The number of rotatable bonds is 6. The Hall–Kier alpha value is -2.08. The third-order valence-corrected chi connectivity index (χ3v) is 4.53. The maximum Gasteiger partial charge on any atom is 0.315 e. The van der Waals surface area contributed by atoms with E-state index in [2.05, 4.69) is 21.2 Å². The van der Waals surface area contributed by atoms with E-state index in [9.17, 15) is 14.7 Å². The molecule has 2 aromatic rings. The molecule has 0 spiro atoms. The Labute approximate surface area is 143 Å². The van der Waals surface area contributed by atoms with Crippen LogP contribution in [0.1, 0.15) is 29.4 Å². The van der Waals surface area contributed by atoms with E-state index in [1.54, 1.807) is 48.1 Å². The van der Waals surface area contributed by atoms with E-state index < -0.39 is 11.4 Å². The van der Waals surface area contributed by atoms with Gasteiger partial charge in [-0.25, -0.2) is 0 Å². The van der Waals surface area contributed by atoms with Gasteiger partial charge in [0.2, 0.25) is 0 Å². The number of aryl methyl sites for hydroxylation is 1. The number of hydrogen-bond acceptors (Lipinski definition) is 2. The van der Waals surface area contributed by atoms with Gasteiger partial charge in [-0.15, -0.1) is 0 Å². The first-order valence-electron chi connectivity index (χ1n) is 7.29. The predicted octanol–water partition coefficient (Wildman–Crippen LogP) is 2.95. The van der Waals surface area contributed by atoms with Crippen molar-refractivity contribution in [2.45, 2.75) is 18.8 Å². The zero-order chi connectivity index (χ0) is 17.0. The highest BCUT2D eigenvalue weighted by Gasteiger charge is 2.39. The molecule has 1 amide bonds. The fourth-order valence-electron chi connectivity index (χ4n) is 2.61. The van der Waals surface area contributed by atoms with E-state index >= 15 is 0 Å². The number of nitrogens with one attached hydrogen (secondary N) is 1. The van der Waals surface area contributed by atoms with E-state index in [-0.39, 0.29) is 12.5 Å². The lowest BCUT2D eigenvalue weighted by Crippen LogP contribution is -2.46. The molecule has 1 heterocycles. The normalized spacial score (nSPS) is 13.3. The molecule has 0 saturated carbocycles. The second kappa shape index (κ2) is 7.00. The lowest BCUT2D eigenvalue weighted by Gasteiger charge is -2.29. The first-order valence-corrected chi connectivity index (χ1v) is 8.09. The Morgan fingerprint density at radius 2 is 1.96 bits per heavy atom. The van der Waals surface area contributed by atoms with Gasteiger partial charge >= 0.3 is 5.97 Å². The summed E-state index contributed by atoms with van der Waals surface area (Å²) >= 11 is 3.32. The summed E-state index contributed by atoms with van der Waals surface area (Å²) in [6.45, 7) is 1.84. The number of nitrogens with zero attached hydrogens (tertiary/aromatic N) is 1. The SMILES string of the molecule is CCC(CNC(=O)c1cc(Br)cn1C)(C(=O)O)c1ccccc1. The smallest absolute Gasteiger partial charge is 0.315 e. The number of amides is 1. The molecule has 2 N–H and O–H groups in total. The summed E-state index contributed by atoms with van der Waals surface area (Å²) in [6.07, 6.45) is 2.15. The van der Waals surface area contributed by atoms with Gasteiger partial charge in [-0.05, 0) is 34.0 Å². The van der Waals surface area contributed by atoms with Crippen molar-refractivity contribution in [2.75, 3.05) is 6.54 Å². The number of hydrogen-bond donors (Lipinski definition) is 2. The number of carbonyl (C=O) groups is 2. The van der Waals surface area contributed by atoms with Crippen LogP contribution in [0.3, 0.4) is 0 Å². The van der Waals surface area contributed by atoms with Crippen LogP contribution in [0.5, 0.6) is 0 Å². The van der Waals surface area contributed by atoms with E-state index in [4.69, 9.17) is 0 Å². The van der Waals surface area contributed by atoms with E-state index in [0.29, 0.717) is 17.7 Å². The van der Waals surface area contributed by atoms with Crippen LogP contribution >= 0.6 is 15.9 Å². The number of aromatic nitrogens is 1. The molecule has 1 unspecified atom stereocenters. The van der Waals surface area contributed by atoms with Gasteiger partial charge in [-0.1, -0.05) is 37.3 Å². The third-order valence-electron chi connectivity index (χ3n) is 4.09. The van der Waals surface area contributed by atoms with Gasteiger partial charge in [0.05, 0.1) is 0 Å². The number of halogens is 1. The highest BCUT2D eigenvalue weighted by Crippen LogP contribution is 2.28. The average molecular weight is 379 g/mol. The minimum absolute atomic E-state index is 0.0322. The summed E-state index contributed by atoms with van der Waals surface area (Å²) in [5.41, 5.74) is 0.0166. The van der Waals surface area contributed by atoms with Gasteiger partial charge in [0.15, 0.2) is 0 Å². The molecule has 0 bridgehead atoms. The summed E-state index contributed by atoms with van der Waals surface area (Å²) in [7, 11) is 1.77. The van der Waals surface area contributed by atoms with Crippen molar-refractivity contribution < 1.29 is 14.7 Å². The van der Waals surface area contributed by atoms with Crippen LogP contribution in [0.4, 0.5) is 0 Å². The Balaban J connectivity index is 2.24. The number of carboxylic acids is 1. The first-order chi connectivity index (χ1) is 10.9. The van der Waals surface area contributed by atoms with Gasteiger partial charge in [0.25, 0.3) is 5.91 Å². The average Bonchev–Trinajstić information content (AvgIpc) is 2.87. The van der Waals surface area contributed by atoms with Crippen molar-refractivity contribution in [2.24, 2.45) is 7.05 Å². The zero-order valence-corrected chi connectivity index (χ0v) is 14.6. The van der Waals surface area contributed by atoms with Crippen LogP contribution in [0.2, 0.25) is 0 Å². The molecular formula is C17H19BrN2O3. The molecule has 1 atom stereocenters. The standard InChI is InChI=1S/C17H19BrN2O3/c1-3-17(16(22)23,12-7-5-4-6-8-12)11-19-15(21)14-9-13(18)10-20(14)2/h4-10H,3,11H2,1-2H3,(H,19,21)(H,22,23). The second-order valence-corrected chi connectivity index (χ2v) is 6.36. The molecule has 2 rings (SSSR count). The van der Waals surface area contributed by atoms with Gasteiger partial charge in [-0.3, -0.25) is 9.59 Å². The minimum atomic E-state index is -1.14. The fraction of sp³-hybridized carbons (Fsp3) is 0.294. The summed E-state index contributed by atoms with van der Waals surface area (Å²) in [5, 5.41) is 12.5. The van der Waals surface area contributed by atoms with E-state index in [0.717, 1.165) is 4.47 Å². The van der Waals surface area contributed by atoms with Crippen molar-refractivity contribution in [1.29, 1.82) is 0 Å². The second-order valence-electron chi connectivity index (χ2n) is 5.44. The highest BCUT2D eigenvalue weighted by molar-refractivity contribution is 9.10. The minimum Gasteiger partial charge on any atom is -0.481 e. The third kappa shape index (κ3) is 3.47. The molecule has 0 aliphatic heterocycles. The number of carbonyl (C=O) groups excluding carboxylic acids is 1. The van der Waals surface area contributed by atoms with Crippen molar-refractivity contribution in [3.8, 4) is 0 Å². The molecule has 0 radical (unpaired) electrons. The van der Waals surface area contributed by atoms with E-state index in [1.807, 2.05) is 13.0 Å². The molecule has 0 fully saturated rings. The van der Waals surface area contributed by atoms with Crippen LogP contribution < -0.4 is 5.32 Å². The first kappa shape index (κ1) is 17.3. The van der Waals surface area contributed by atoms with Crippen LogP contribution in [-0.4, -0.2) is 28.1 Å². The van der Waals surface area contributed by atoms with Crippen LogP contribution in [-0.2, 0) is 17.3 Å². The van der Waals surface area contributed by atoms with Gasteiger partial charge in [-0.2, -0.15) is 0 Å². The van der Waals surface area contributed by atoms with Crippen molar-refractivity contribution in [3.05, 3.63) is 58.3 Å². The number of carboxylic acid groups (broad SMARTS) is 1. The Morgan fingerprint density at radius 1 is 1.30 bits per heavy atom. The van der Waals surface area contributed by atoms with Crippen molar-refractivity contribution in [1.82, 2.24) is 9.88 Å². The Morgan fingerprint density at radius 3 is 2.43 bits per heavy atom. The maximum absolute atomic E-state index is 12.3. The largest absolute Gasteiger partial charge is 0.481 e. The predicted molar refractivity (Wildman–Crippen MR) is 91.5 cm³/mol. The molecule has 5 nitrogen and oxygen atoms in total. The van der Waals surface area contributed by atoms with Crippen LogP contribution in [0, 0.1) is 0 Å². The summed E-state index contributed by atoms with van der Waals surface area (Å²) in [4.78, 5) is 24.3. The van der Waals surface area contributed by atoms with Crippen LogP contribution in [0.25, 0.3) is 0 Å². The summed E-state index contributed by atoms with van der Waals surface area (Å²) in [6, 6.07) is 10.7. The zero-order valence-electron chi connectivity index (χ0n) is 13.0. The lowest BCUT2D eigenvalue weighted by molar-refractivity contribution is -0.143. The molecule has 0 aliphatic rings. The van der Waals surface area contributed by atoms with E-state index in [1.165, 1.54) is 0 Å². The van der Waals surface area contributed by atoms with Gasteiger partial charge < -0.3 is 15.0 Å². The fourth-order valence-corrected chi connectivity index (χ4v) is 3.13. The Bertz CT molecular complexity index is 712. The molecule has 122 valence electrons. The van der Waals surface area contributed by atoms with Crippen molar-refractivity contribution >= 4 is 27.8 Å². The quantitative estimate of drug-likeness (QED) is 0.811. The molecule has 23 heavy (non-hydrogen) atoms. The van der Waals surface area contributed by atoms with Gasteiger partial charge in [0.1, 0.15) is 11.1 Å². The van der Waals surface area contributed by atoms with Gasteiger partial charge in [0, 0.05) is 24.3 Å².